The van der Waals surface area contributed by atoms with Crippen LogP contribution in [0.3, 0.4) is 0 Å². The number of carbonyl (C=O) groups excluding carboxylic acids is 2. The number of ether oxygens (including phenoxy) is 1. The number of halogens is 1. The van der Waals surface area contributed by atoms with Crippen LogP contribution < -0.4 is 10.1 Å². The molecule has 0 saturated heterocycles. The quantitative estimate of drug-likeness (QED) is 0.827. The zero-order valence-electron chi connectivity index (χ0n) is 16.5. The number of carbonyl (C=O) groups is 2. The maximum Gasteiger partial charge on any atom is 0.255 e. The lowest BCUT2D eigenvalue weighted by Crippen LogP contribution is -2.34. The third-order valence-electron chi connectivity index (χ3n) is 4.85. The van der Waals surface area contributed by atoms with Crippen LogP contribution in [-0.4, -0.2) is 52.7 Å². The summed E-state index contributed by atoms with van der Waals surface area (Å²) in [5, 5.41) is 7.57. The van der Waals surface area contributed by atoms with Gasteiger partial charge in [-0.3, -0.25) is 14.3 Å². The number of benzene rings is 1. The van der Waals surface area contributed by atoms with Crippen LogP contribution in [0, 0.1) is 0 Å². The molecule has 0 bridgehead atoms. The highest BCUT2D eigenvalue weighted by atomic mass is 35.5. The molecule has 1 aliphatic rings. The largest absolute Gasteiger partial charge is 0.493 e. The minimum Gasteiger partial charge on any atom is -0.493 e. The Balaban J connectivity index is 1.56. The topological polar surface area (TPSA) is 76.5 Å². The lowest BCUT2D eigenvalue weighted by Gasteiger charge is -2.23. The lowest BCUT2D eigenvalue weighted by molar-refractivity contribution is -0.131. The van der Waals surface area contributed by atoms with Gasteiger partial charge in [0.05, 0.1) is 12.2 Å². The Morgan fingerprint density at radius 3 is 2.93 bits per heavy atom. The fraction of sp³-hybridized carbons (Fsp3) is 0.476. The summed E-state index contributed by atoms with van der Waals surface area (Å²) in [6.07, 6.45) is 7.25. The lowest BCUT2D eigenvalue weighted by atomic mass is 10.2. The summed E-state index contributed by atoms with van der Waals surface area (Å²) in [4.78, 5) is 27.0. The molecule has 2 aromatic rings. The summed E-state index contributed by atoms with van der Waals surface area (Å²) >= 11 is 6.04. The smallest absolute Gasteiger partial charge is 0.255 e. The molecular weight excluding hydrogens is 392 g/mol. The zero-order chi connectivity index (χ0) is 20.5. The Hall–Kier alpha value is -2.54. The van der Waals surface area contributed by atoms with Crippen molar-refractivity contribution in [3.8, 4) is 5.75 Å². The summed E-state index contributed by atoms with van der Waals surface area (Å²) in [6.45, 7) is 3.05. The Labute approximate surface area is 176 Å². The van der Waals surface area contributed by atoms with E-state index in [1.807, 2.05) is 21.8 Å². The van der Waals surface area contributed by atoms with Gasteiger partial charge in [0, 0.05) is 50.0 Å². The van der Waals surface area contributed by atoms with Gasteiger partial charge in [-0.05, 0) is 49.9 Å². The molecule has 8 heteroatoms. The van der Waals surface area contributed by atoms with Gasteiger partial charge >= 0.3 is 0 Å². The number of aryl methyl sites for hydroxylation is 1. The van der Waals surface area contributed by atoms with Crippen molar-refractivity contribution in [1.29, 1.82) is 0 Å². The number of hydrogen-bond acceptors (Lipinski definition) is 4. The van der Waals surface area contributed by atoms with Gasteiger partial charge in [0.1, 0.15) is 5.75 Å². The van der Waals surface area contributed by atoms with Crippen molar-refractivity contribution in [2.24, 2.45) is 0 Å². The molecule has 0 saturated carbocycles. The van der Waals surface area contributed by atoms with E-state index < -0.39 is 0 Å². The van der Waals surface area contributed by atoms with Gasteiger partial charge in [0.2, 0.25) is 5.91 Å². The number of amides is 2. The van der Waals surface area contributed by atoms with Crippen molar-refractivity contribution in [1.82, 2.24) is 20.0 Å². The second-order valence-electron chi connectivity index (χ2n) is 7.06. The number of nitrogens with one attached hydrogen (secondary N) is 1. The first-order chi connectivity index (χ1) is 14.1. The van der Waals surface area contributed by atoms with E-state index in [-0.39, 0.29) is 11.8 Å². The Bertz CT molecular complexity index is 810. The van der Waals surface area contributed by atoms with E-state index in [1.165, 1.54) is 0 Å². The van der Waals surface area contributed by atoms with Crippen molar-refractivity contribution in [2.75, 3.05) is 26.2 Å². The summed E-state index contributed by atoms with van der Waals surface area (Å²) in [5.41, 5.74) is 0.448. The highest BCUT2D eigenvalue weighted by molar-refractivity contribution is 6.31. The van der Waals surface area contributed by atoms with Gasteiger partial charge < -0.3 is 15.0 Å². The SMILES string of the molecule is O=C1NCCCCN(C(=O)CCCn2cccn2)CCCOc2ccc(Cl)cc21. The van der Waals surface area contributed by atoms with Crippen LogP contribution in [0.15, 0.2) is 36.7 Å². The van der Waals surface area contributed by atoms with Crippen molar-refractivity contribution < 1.29 is 14.3 Å². The van der Waals surface area contributed by atoms with E-state index in [4.69, 9.17) is 16.3 Å². The minimum absolute atomic E-state index is 0.156. The molecule has 0 radical (unpaired) electrons. The van der Waals surface area contributed by atoms with E-state index in [1.54, 1.807) is 24.4 Å². The number of rotatable bonds is 4. The second kappa shape index (κ2) is 10.9. The molecule has 1 aromatic heterocycles. The van der Waals surface area contributed by atoms with Gasteiger partial charge in [-0.15, -0.1) is 0 Å². The van der Waals surface area contributed by atoms with Gasteiger partial charge in [0.25, 0.3) is 5.91 Å². The van der Waals surface area contributed by atoms with Gasteiger partial charge in [-0.25, -0.2) is 0 Å². The van der Waals surface area contributed by atoms with Gasteiger partial charge in [0.15, 0.2) is 0 Å². The van der Waals surface area contributed by atoms with Crippen molar-refractivity contribution in [2.45, 2.75) is 38.6 Å². The average Bonchev–Trinajstić information content (AvgIpc) is 3.23. The van der Waals surface area contributed by atoms with Crippen molar-refractivity contribution in [3.63, 3.8) is 0 Å². The maximum atomic E-state index is 12.7. The predicted octanol–water partition coefficient (Wildman–Crippen LogP) is 3.14. The summed E-state index contributed by atoms with van der Waals surface area (Å²) < 4.78 is 7.66. The third-order valence-corrected chi connectivity index (χ3v) is 5.08. The van der Waals surface area contributed by atoms with Crippen LogP contribution in [0.2, 0.25) is 5.02 Å². The highest BCUT2D eigenvalue weighted by Crippen LogP contribution is 2.23. The Morgan fingerprint density at radius 1 is 1.24 bits per heavy atom. The summed E-state index contributed by atoms with van der Waals surface area (Å²) in [7, 11) is 0. The van der Waals surface area contributed by atoms with Crippen LogP contribution in [0.1, 0.15) is 42.5 Å². The van der Waals surface area contributed by atoms with Gasteiger partial charge in [-0.1, -0.05) is 11.6 Å². The summed E-state index contributed by atoms with van der Waals surface area (Å²) in [5.74, 6) is 0.486. The van der Waals surface area contributed by atoms with Crippen molar-refractivity contribution >= 4 is 23.4 Å². The summed E-state index contributed by atoms with van der Waals surface area (Å²) in [6, 6.07) is 6.93. The van der Waals surface area contributed by atoms with E-state index in [9.17, 15) is 9.59 Å². The van der Waals surface area contributed by atoms with Crippen LogP contribution in [0.25, 0.3) is 0 Å². The highest BCUT2D eigenvalue weighted by Gasteiger charge is 2.16. The molecular formula is C21H27ClN4O3. The average molecular weight is 419 g/mol. The second-order valence-corrected chi connectivity index (χ2v) is 7.50. The standard InChI is InChI=1S/C21H27ClN4O3/c22-17-7-8-19-18(16-17)21(28)23-9-1-2-11-25(12-5-15-29-19)20(27)6-3-13-26-14-4-10-24-26/h4,7-8,10,14,16H,1-3,5-6,9,11-13,15H2,(H,23,28). The number of aromatic nitrogens is 2. The molecule has 1 aliphatic heterocycles. The fourth-order valence-corrected chi connectivity index (χ4v) is 3.48. The molecule has 29 heavy (non-hydrogen) atoms. The first-order valence-electron chi connectivity index (χ1n) is 10.1. The molecule has 0 spiro atoms. The molecule has 0 fully saturated rings. The molecule has 1 N–H and O–H groups in total. The third kappa shape index (κ3) is 6.49. The Morgan fingerprint density at radius 2 is 2.10 bits per heavy atom. The van der Waals surface area contributed by atoms with E-state index in [0.29, 0.717) is 55.4 Å². The molecule has 0 aliphatic carbocycles. The monoisotopic (exact) mass is 418 g/mol. The van der Waals surface area contributed by atoms with Crippen LogP contribution in [0.5, 0.6) is 5.75 Å². The molecule has 0 atom stereocenters. The first kappa shape index (κ1) is 21.2. The minimum atomic E-state index is -0.187. The molecule has 1 aromatic carbocycles. The molecule has 2 heterocycles. The molecule has 0 unspecified atom stereocenters. The molecule has 3 rings (SSSR count). The molecule has 7 nitrogen and oxygen atoms in total. The van der Waals surface area contributed by atoms with Crippen LogP contribution in [-0.2, 0) is 11.3 Å². The van der Waals surface area contributed by atoms with E-state index >= 15 is 0 Å². The van der Waals surface area contributed by atoms with Gasteiger partial charge in [-0.2, -0.15) is 5.10 Å². The van der Waals surface area contributed by atoms with E-state index in [2.05, 4.69) is 10.4 Å². The number of hydrogen-bond donors (Lipinski definition) is 1. The normalized spacial score (nSPS) is 15.9. The van der Waals surface area contributed by atoms with Crippen molar-refractivity contribution in [3.05, 3.63) is 47.2 Å². The predicted molar refractivity (Wildman–Crippen MR) is 111 cm³/mol. The first-order valence-corrected chi connectivity index (χ1v) is 10.5. The maximum absolute atomic E-state index is 12.7. The van der Waals surface area contributed by atoms with Crippen LogP contribution in [0.4, 0.5) is 0 Å². The van der Waals surface area contributed by atoms with E-state index in [0.717, 1.165) is 25.8 Å². The van der Waals surface area contributed by atoms with Crippen LogP contribution >= 0.6 is 11.6 Å². The zero-order valence-corrected chi connectivity index (χ0v) is 17.2. The number of fused-ring (bicyclic) bond motifs is 1. The fourth-order valence-electron chi connectivity index (χ4n) is 3.31. The number of nitrogens with zero attached hydrogens (tertiary/aromatic N) is 3. The Kier molecular flexibility index (Phi) is 7.93. The molecule has 156 valence electrons. The molecule has 2 amide bonds.